The van der Waals surface area contributed by atoms with Crippen molar-refractivity contribution in [1.29, 1.82) is 0 Å². The standard InChI is InChI=1S/C17H18F2N2/c18-15-7-4-8-16(19)14(15)10-17(21-20)13-9-12(13)11-5-2-1-3-6-11/h1-8,12-13,17,21H,9-10,20H2. The molecule has 0 bridgehead atoms. The average Bonchev–Trinajstić information content (AvgIpc) is 3.28. The summed E-state index contributed by atoms with van der Waals surface area (Å²) in [4.78, 5) is 0. The van der Waals surface area contributed by atoms with Crippen LogP contribution in [-0.4, -0.2) is 6.04 Å². The zero-order valence-corrected chi connectivity index (χ0v) is 11.6. The van der Waals surface area contributed by atoms with Gasteiger partial charge in [0.15, 0.2) is 0 Å². The van der Waals surface area contributed by atoms with Gasteiger partial charge in [0.2, 0.25) is 0 Å². The summed E-state index contributed by atoms with van der Waals surface area (Å²) in [5.41, 5.74) is 4.10. The van der Waals surface area contributed by atoms with Gasteiger partial charge in [-0.15, -0.1) is 0 Å². The molecule has 0 heterocycles. The van der Waals surface area contributed by atoms with Crippen molar-refractivity contribution >= 4 is 0 Å². The van der Waals surface area contributed by atoms with Crippen molar-refractivity contribution in [3.05, 3.63) is 71.3 Å². The molecule has 1 fully saturated rings. The number of hydrogen-bond acceptors (Lipinski definition) is 2. The molecular formula is C17H18F2N2. The van der Waals surface area contributed by atoms with Gasteiger partial charge >= 0.3 is 0 Å². The van der Waals surface area contributed by atoms with Crippen LogP contribution in [0.4, 0.5) is 8.78 Å². The normalized spacial score (nSPS) is 22.0. The number of nitrogens with one attached hydrogen (secondary N) is 1. The van der Waals surface area contributed by atoms with E-state index in [1.165, 1.54) is 23.8 Å². The zero-order valence-electron chi connectivity index (χ0n) is 11.6. The number of rotatable bonds is 5. The molecule has 1 aliphatic carbocycles. The fourth-order valence-corrected chi connectivity index (χ4v) is 3.02. The predicted octanol–water partition coefficient (Wildman–Crippen LogP) is 3.14. The molecule has 0 aromatic heterocycles. The molecule has 1 saturated carbocycles. The van der Waals surface area contributed by atoms with Crippen LogP contribution >= 0.6 is 0 Å². The van der Waals surface area contributed by atoms with E-state index in [0.29, 0.717) is 11.8 Å². The maximum absolute atomic E-state index is 13.7. The Morgan fingerprint density at radius 1 is 1.05 bits per heavy atom. The van der Waals surface area contributed by atoms with E-state index in [0.717, 1.165) is 6.42 Å². The van der Waals surface area contributed by atoms with Gasteiger partial charge in [-0.2, -0.15) is 0 Å². The van der Waals surface area contributed by atoms with Crippen LogP contribution in [0, 0.1) is 17.6 Å². The van der Waals surface area contributed by atoms with E-state index >= 15 is 0 Å². The minimum absolute atomic E-state index is 0.110. The lowest BCUT2D eigenvalue weighted by atomic mass is 9.98. The van der Waals surface area contributed by atoms with Gasteiger partial charge in [0, 0.05) is 11.6 Å². The highest BCUT2D eigenvalue weighted by molar-refractivity contribution is 5.28. The molecule has 110 valence electrons. The van der Waals surface area contributed by atoms with Crippen molar-refractivity contribution in [3.8, 4) is 0 Å². The van der Waals surface area contributed by atoms with Crippen LogP contribution in [0.5, 0.6) is 0 Å². The third-order valence-electron chi connectivity index (χ3n) is 4.28. The van der Waals surface area contributed by atoms with E-state index in [-0.39, 0.29) is 18.0 Å². The number of hydrogen-bond donors (Lipinski definition) is 2. The molecule has 0 radical (unpaired) electrons. The summed E-state index contributed by atoms with van der Waals surface area (Å²) in [7, 11) is 0. The molecule has 2 aromatic rings. The fraction of sp³-hybridized carbons (Fsp3) is 0.294. The third-order valence-corrected chi connectivity index (χ3v) is 4.28. The lowest BCUT2D eigenvalue weighted by molar-refractivity contribution is 0.443. The van der Waals surface area contributed by atoms with Crippen LogP contribution < -0.4 is 11.3 Å². The lowest BCUT2D eigenvalue weighted by Gasteiger charge is -2.17. The van der Waals surface area contributed by atoms with Crippen molar-refractivity contribution in [3.63, 3.8) is 0 Å². The van der Waals surface area contributed by atoms with E-state index < -0.39 is 11.6 Å². The summed E-state index contributed by atoms with van der Waals surface area (Å²) in [5.74, 6) is 5.33. The molecule has 1 aliphatic rings. The first kappa shape index (κ1) is 14.2. The van der Waals surface area contributed by atoms with E-state index in [9.17, 15) is 8.78 Å². The highest BCUT2D eigenvalue weighted by Crippen LogP contribution is 2.50. The topological polar surface area (TPSA) is 38.0 Å². The van der Waals surface area contributed by atoms with Crippen LogP contribution in [0.25, 0.3) is 0 Å². The Morgan fingerprint density at radius 2 is 1.71 bits per heavy atom. The second kappa shape index (κ2) is 5.92. The van der Waals surface area contributed by atoms with Crippen molar-refractivity contribution in [1.82, 2.24) is 5.43 Å². The number of nitrogens with two attached hydrogens (primary N) is 1. The van der Waals surface area contributed by atoms with Gasteiger partial charge in [0.05, 0.1) is 0 Å². The molecule has 0 aliphatic heterocycles. The molecule has 4 heteroatoms. The first-order valence-corrected chi connectivity index (χ1v) is 7.14. The average molecular weight is 288 g/mol. The van der Waals surface area contributed by atoms with Gasteiger partial charge in [0.1, 0.15) is 11.6 Å². The van der Waals surface area contributed by atoms with Crippen molar-refractivity contribution in [2.45, 2.75) is 24.8 Å². The summed E-state index contributed by atoms with van der Waals surface area (Å²) >= 11 is 0. The predicted molar refractivity (Wildman–Crippen MR) is 78.5 cm³/mol. The minimum Gasteiger partial charge on any atom is -0.271 e. The largest absolute Gasteiger partial charge is 0.271 e. The summed E-state index contributed by atoms with van der Waals surface area (Å²) in [6.07, 6.45) is 1.26. The van der Waals surface area contributed by atoms with Crippen LogP contribution in [0.2, 0.25) is 0 Å². The van der Waals surface area contributed by atoms with Crippen molar-refractivity contribution in [2.24, 2.45) is 11.8 Å². The van der Waals surface area contributed by atoms with E-state index in [1.54, 1.807) is 0 Å². The molecule has 0 spiro atoms. The quantitative estimate of drug-likeness (QED) is 0.655. The first-order valence-electron chi connectivity index (χ1n) is 7.14. The van der Waals surface area contributed by atoms with Gasteiger partial charge < -0.3 is 0 Å². The Hall–Kier alpha value is -1.78. The second-order valence-electron chi connectivity index (χ2n) is 5.59. The molecule has 0 amide bonds. The first-order chi connectivity index (χ1) is 10.2. The highest BCUT2D eigenvalue weighted by Gasteiger charge is 2.43. The van der Waals surface area contributed by atoms with Gasteiger partial charge in [0.25, 0.3) is 0 Å². The zero-order chi connectivity index (χ0) is 14.8. The van der Waals surface area contributed by atoms with Gasteiger partial charge in [-0.3, -0.25) is 11.3 Å². The Bertz CT molecular complexity index is 595. The second-order valence-corrected chi connectivity index (χ2v) is 5.59. The molecule has 2 nitrogen and oxygen atoms in total. The van der Waals surface area contributed by atoms with Crippen LogP contribution in [-0.2, 0) is 6.42 Å². The number of hydrazine groups is 1. The number of benzene rings is 2. The molecule has 21 heavy (non-hydrogen) atoms. The van der Waals surface area contributed by atoms with Crippen LogP contribution in [0.15, 0.2) is 48.5 Å². The maximum atomic E-state index is 13.7. The summed E-state index contributed by atoms with van der Waals surface area (Å²) in [6.45, 7) is 0. The maximum Gasteiger partial charge on any atom is 0.129 e. The Balaban J connectivity index is 1.73. The monoisotopic (exact) mass is 288 g/mol. The van der Waals surface area contributed by atoms with Gasteiger partial charge in [-0.1, -0.05) is 36.4 Å². The highest BCUT2D eigenvalue weighted by atomic mass is 19.1. The minimum atomic E-state index is -0.507. The van der Waals surface area contributed by atoms with E-state index in [1.807, 2.05) is 18.2 Å². The van der Waals surface area contributed by atoms with Crippen molar-refractivity contribution < 1.29 is 8.78 Å². The fourth-order valence-electron chi connectivity index (χ4n) is 3.02. The SMILES string of the molecule is NNC(Cc1c(F)cccc1F)C1CC1c1ccccc1. The lowest BCUT2D eigenvalue weighted by Crippen LogP contribution is -2.39. The molecule has 2 aromatic carbocycles. The number of halogens is 2. The van der Waals surface area contributed by atoms with Gasteiger partial charge in [-0.05, 0) is 42.4 Å². The summed E-state index contributed by atoms with van der Waals surface area (Å²) < 4.78 is 27.5. The van der Waals surface area contributed by atoms with Gasteiger partial charge in [-0.25, -0.2) is 8.78 Å². The summed E-state index contributed by atoms with van der Waals surface area (Å²) in [5, 5.41) is 0. The Morgan fingerprint density at radius 3 is 2.33 bits per heavy atom. The molecule has 0 saturated heterocycles. The Labute approximate surface area is 122 Å². The summed E-state index contributed by atoms with van der Waals surface area (Å²) in [6, 6.07) is 14.0. The molecule has 3 atom stereocenters. The third kappa shape index (κ3) is 2.96. The van der Waals surface area contributed by atoms with E-state index in [2.05, 4.69) is 17.6 Å². The smallest absolute Gasteiger partial charge is 0.129 e. The van der Waals surface area contributed by atoms with Crippen LogP contribution in [0.3, 0.4) is 0 Å². The Kier molecular flexibility index (Phi) is 3.99. The molecular weight excluding hydrogens is 270 g/mol. The van der Waals surface area contributed by atoms with Crippen LogP contribution in [0.1, 0.15) is 23.5 Å². The van der Waals surface area contributed by atoms with Crippen molar-refractivity contribution in [2.75, 3.05) is 0 Å². The molecule has 3 N–H and O–H groups in total. The molecule has 3 rings (SSSR count). The van der Waals surface area contributed by atoms with E-state index in [4.69, 9.17) is 5.84 Å². The molecule has 3 unspecified atom stereocenters.